The highest BCUT2D eigenvalue weighted by Gasteiger charge is 2.33. The van der Waals surface area contributed by atoms with E-state index < -0.39 is 0 Å². The minimum atomic E-state index is -0.241. The van der Waals surface area contributed by atoms with E-state index >= 15 is 0 Å². The molecule has 7 nitrogen and oxygen atoms in total. The van der Waals surface area contributed by atoms with Crippen LogP contribution in [0.15, 0.2) is 0 Å². The first-order valence-corrected chi connectivity index (χ1v) is 9.79. The van der Waals surface area contributed by atoms with Gasteiger partial charge in [0.1, 0.15) is 6.04 Å². The van der Waals surface area contributed by atoms with Gasteiger partial charge in [-0.3, -0.25) is 14.5 Å². The largest absolute Gasteiger partial charge is 0.375 e. The zero-order valence-corrected chi connectivity index (χ0v) is 15.3. The number of hydrogen-bond acceptors (Lipinski definition) is 5. The molecule has 1 saturated carbocycles. The van der Waals surface area contributed by atoms with Crippen molar-refractivity contribution in [1.82, 2.24) is 20.4 Å². The highest BCUT2D eigenvalue weighted by atomic mass is 16.5. The molecule has 1 aliphatic carbocycles. The number of carbonyl (C=O) groups excluding carboxylic acids is 2. The first-order chi connectivity index (χ1) is 12.1. The van der Waals surface area contributed by atoms with Crippen LogP contribution in [0, 0.1) is 0 Å². The average Bonchev–Trinajstić information content (AvgIpc) is 2.63. The van der Waals surface area contributed by atoms with Gasteiger partial charge in [-0.25, -0.2) is 0 Å². The molecule has 3 aliphatic rings. The molecule has 25 heavy (non-hydrogen) atoms. The number of amides is 2. The molecule has 0 aromatic rings. The van der Waals surface area contributed by atoms with Gasteiger partial charge in [-0.2, -0.15) is 0 Å². The SMILES string of the molecule is C[C@H]1OCCN[C@@H]1C(=O)N1CCN(CC(=O)NC2CCCCC2)CC1. The number of morpholine rings is 1. The van der Waals surface area contributed by atoms with Crippen molar-refractivity contribution in [2.75, 3.05) is 45.9 Å². The maximum atomic E-state index is 12.6. The van der Waals surface area contributed by atoms with Gasteiger partial charge in [0.15, 0.2) is 0 Å². The molecular weight excluding hydrogens is 320 g/mol. The number of ether oxygens (including phenoxy) is 1. The summed E-state index contributed by atoms with van der Waals surface area (Å²) in [6, 6.07) is 0.123. The van der Waals surface area contributed by atoms with Gasteiger partial charge >= 0.3 is 0 Å². The van der Waals surface area contributed by atoms with Gasteiger partial charge in [0.2, 0.25) is 11.8 Å². The van der Waals surface area contributed by atoms with E-state index in [0.717, 1.165) is 32.5 Å². The Morgan fingerprint density at radius 1 is 1.12 bits per heavy atom. The average molecular weight is 352 g/mol. The third kappa shape index (κ3) is 5.15. The second-order valence-electron chi connectivity index (χ2n) is 7.51. The Morgan fingerprint density at radius 3 is 2.52 bits per heavy atom. The van der Waals surface area contributed by atoms with E-state index in [4.69, 9.17) is 4.74 Å². The lowest BCUT2D eigenvalue weighted by Crippen LogP contribution is -2.60. The molecule has 0 aromatic heterocycles. The Hall–Kier alpha value is -1.18. The van der Waals surface area contributed by atoms with E-state index in [1.165, 1.54) is 19.3 Å². The van der Waals surface area contributed by atoms with Crippen LogP contribution < -0.4 is 10.6 Å². The van der Waals surface area contributed by atoms with Crippen molar-refractivity contribution in [3.63, 3.8) is 0 Å². The van der Waals surface area contributed by atoms with Crippen LogP contribution in [0.4, 0.5) is 0 Å². The van der Waals surface area contributed by atoms with Gasteiger partial charge in [-0.15, -0.1) is 0 Å². The molecular formula is C18H32N4O3. The predicted octanol–water partition coefficient (Wildman–Crippen LogP) is -0.0436. The van der Waals surface area contributed by atoms with Crippen molar-refractivity contribution < 1.29 is 14.3 Å². The van der Waals surface area contributed by atoms with Crippen LogP contribution >= 0.6 is 0 Å². The monoisotopic (exact) mass is 352 g/mol. The summed E-state index contributed by atoms with van der Waals surface area (Å²) in [4.78, 5) is 28.9. The second-order valence-corrected chi connectivity index (χ2v) is 7.51. The summed E-state index contributed by atoms with van der Waals surface area (Å²) in [5.74, 6) is 0.251. The quantitative estimate of drug-likeness (QED) is 0.743. The fourth-order valence-corrected chi connectivity index (χ4v) is 4.06. The zero-order chi connectivity index (χ0) is 17.6. The van der Waals surface area contributed by atoms with Crippen molar-refractivity contribution in [3.05, 3.63) is 0 Å². The Labute approximate surface area is 150 Å². The Morgan fingerprint density at radius 2 is 1.84 bits per heavy atom. The third-order valence-corrected chi connectivity index (χ3v) is 5.60. The van der Waals surface area contributed by atoms with Crippen LogP contribution in [0.5, 0.6) is 0 Å². The fraction of sp³-hybridized carbons (Fsp3) is 0.889. The standard InChI is InChI=1S/C18H32N4O3/c1-14-17(19-7-12-25-14)18(24)22-10-8-21(9-11-22)13-16(23)20-15-5-3-2-4-6-15/h14-15,17,19H,2-13H2,1H3,(H,20,23)/t14-,17+/m1/s1. The summed E-state index contributed by atoms with van der Waals surface area (Å²) in [5.41, 5.74) is 0. The summed E-state index contributed by atoms with van der Waals surface area (Å²) >= 11 is 0. The molecule has 0 bridgehead atoms. The normalized spacial score (nSPS) is 29.4. The smallest absolute Gasteiger partial charge is 0.242 e. The predicted molar refractivity (Wildman–Crippen MR) is 95.2 cm³/mol. The Bertz CT molecular complexity index is 459. The highest BCUT2D eigenvalue weighted by Crippen LogP contribution is 2.17. The topological polar surface area (TPSA) is 73.9 Å². The van der Waals surface area contributed by atoms with E-state index in [2.05, 4.69) is 15.5 Å². The number of nitrogens with zero attached hydrogens (tertiary/aromatic N) is 2. The third-order valence-electron chi connectivity index (χ3n) is 5.60. The molecule has 2 saturated heterocycles. The van der Waals surface area contributed by atoms with Gasteiger partial charge in [-0.1, -0.05) is 19.3 Å². The number of rotatable bonds is 4. The van der Waals surface area contributed by atoms with E-state index in [0.29, 0.717) is 32.3 Å². The minimum absolute atomic E-state index is 0.0828. The second kappa shape index (κ2) is 8.96. The van der Waals surface area contributed by atoms with E-state index in [9.17, 15) is 9.59 Å². The lowest BCUT2D eigenvalue weighted by atomic mass is 9.95. The molecule has 2 amide bonds. The molecule has 2 atom stereocenters. The molecule has 0 radical (unpaired) electrons. The molecule has 2 heterocycles. The van der Waals surface area contributed by atoms with Crippen LogP contribution in [0.1, 0.15) is 39.0 Å². The lowest BCUT2D eigenvalue weighted by molar-refractivity contribution is -0.141. The molecule has 142 valence electrons. The summed E-state index contributed by atoms with van der Waals surface area (Å²) < 4.78 is 5.57. The number of nitrogens with one attached hydrogen (secondary N) is 2. The van der Waals surface area contributed by atoms with Gasteiger partial charge in [-0.05, 0) is 19.8 Å². The van der Waals surface area contributed by atoms with Crippen LogP contribution in [0.25, 0.3) is 0 Å². The molecule has 0 unspecified atom stereocenters. The molecule has 7 heteroatoms. The van der Waals surface area contributed by atoms with Gasteiger partial charge in [0, 0.05) is 38.8 Å². The van der Waals surface area contributed by atoms with E-state index in [1.807, 2.05) is 11.8 Å². The van der Waals surface area contributed by atoms with Gasteiger partial charge in [0.05, 0.1) is 19.3 Å². The van der Waals surface area contributed by atoms with Crippen LogP contribution in [0.2, 0.25) is 0 Å². The van der Waals surface area contributed by atoms with Crippen molar-refractivity contribution in [2.24, 2.45) is 0 Å². The zero-order valence-electron chi connectivity index (χ0n) is 15.3. The Balaban J connectivity index is 1.39. The minimum Gasteiger partial charge on any atom is -0.375 e. The van der Waals surface area contributed by atoms with Crippen LogP contribution in [0.3, 0.4) is 0 Å². The van der Waals surface area contributed by atoms with Crippen LogP contribution in [-0.2, 0) is 14.3 Å². The number of carbonyl (C=O) groups is 2. The van der Waals surface area contributed by atoms with Crippen molar-refractivity contribution in [3.8, 4) is 0 Å². The summed E-state index contributed by atoms with van der Waals surface area (Å²) in [5, 5.41) is 6.43. The van der Waals surface area contributed by atoms with Crippen LogP contribution in [-0.4, -0.2) is 85.7 Å². The first-order valence-electron chi connectivity index (χ1n) is 9.79. The molecule has 3 fully saturated rings. The van der Waals surface area contributed by atoms with Crippen molar-refractivity contribution in [2.45, 2.75) is 57.2 Å². The number of piperazine rings is 1. The Kier molecular flexibility index (Phi) is 6.67. The number of hydrogen-bond donors (Lipinski definition) is 2. The molecule has 3 rings (SSSR count). The van der Waals surface area contributed by atoms with Gasteiger partial charge < -0.3 is 20.3 Å². The maximum absolute atomic E-state index is 12.6. The first kappa shape index (κ1) is 18.6. The molecule has 0 aromatic carbocycles. The van der Waals surface area contributed by atoms with Gasteiger partial charge in [0.25, 0.3) is 0 Å². The fourth-order valence-electron chi connectivity index (χ4n) is 4.06. The van der Waals surface area contributed by atoms with E-state index in [1.54, 1.807) is 0 Å². The lowest BCUT2D eigenvalue weighted by Gasteiger charge is -2.38. The summed E-state index contributed by atoms with van der Waals surface area (Å²) in [6.45, 7) is 6.65. The van der Waals surface area contributed by atoms with Crippen molar-refractivity contribution >= 4 is 11.8 Å². The summed E-state index contributed by atoms with van der Waals surface area (Å²) in [7, 11) is 0. The summed E-state index contributed by atoms with van der Waals surface area (Å²) in [6.07, 6.45) is 5.89. The molecule has 2 aliphatic heterocycles. The van der Waals surface area contributed by atoms with E-state index in [-0.39, 0.29) is 24.0 Å². The molecule has 2 N–H and O–H groups in total. The van der Waals surface area contributed by atoms with Crippen molar-refractivity contribution in [1.29, 1.82) is 0 Å². The highest BCUT2D eigenvalue weighted by molar-refractivity contribution is 5.83. The molecule has 0 spiro atoms. The maximum Gasteiger partial charge on any atom is 0.242 e.